The molecule has 0 saturated carbocycles. The van der Waals surface area contributed by atoms with Gasteiger partial charge in [0.1, 0.15) is 0 Å². The van der Waals surface area contributed by atoms with E-state index in [2.05, 4.69) is 16.7 Å². The molecule has 2 N–H and O–H groups in total. The Bertz CT molecular complexity index is 406. The third-order valence-corrected chi connectivity index (χ3v) is 4.81. The van der Waals surface area contributed by atoms with Crippen LogP contribution < -0.4 is 10.6 Å². The Morgan fingerprint density at radius 1 is 1.41 bits per heavy atom. The summed E-state index contributed by atoms with van der Waals surface area (Å²) in [5.74, 6) is 0.201. The average Bonchev–Trinajstić information content (AvgIpc) is 2.94. The molecule has 3 rings (SSSR count). The minimum absolute atomic E-state index is 0.201. The van der Waals surface area contributed by atoms with Gasteiger partial charge < -0.3 is 10.6 Å². The highest BCUT2D eigenvalue weighted by Gasteiger charge is 2.20. The molecule has 2 aliphatic rings. The van der Waals surface area contributed by atoms with Gasteiger partial charge in [0.15, 0.2) is 0 Å². The van der Waals surface area contributed by atoms with Crippen molar-refractivity contribution in [3.63, 3.8) is 0 Å². The Balaban J connectivity index is 1.46. The Labute approximate surface area is 106 Å². The molecule has 1 unspecified atom stereocenters. The van der Waals surface area contributed by atoms with Crippen LogP contribution in [0.2, 0.25) is 0 Å². The number of rotatable bonds is 4. The predicted octanol–water partition coefficient (Wildman–Crippen LogP) is 1.60. The molecule has 1 atom stereocenters. The molecular formula is C13H18N2OS. The molecule has 1 amide bonds. The molecular weight excluding hydrogens is 232 g/mol. The first kappa shape index (κ1) is 11.2. The van der Waals surface area contributed by atoms with E-state index in [0.717, 1.165) is 19.5 Å². The van der Waals surface area contributed by atoms with E-state index >= 15 is 0 Å². The Morgan fingerprint density at radius 3 is 3.12 bits per heavy atom. The monoisotopic (exact) mass is 250 g/mol. The number of aryl methyl sites for hydroxylation is 2. The lowest BCUT2D eigenvalue weighted by Gasteiger charge is -2.10. The van der Waals surface area contributed by atoms with E-state index < -0.39 is 0 Å². The quantitative estimate of drug-likeness (QED) is 0.852. The van der Waals surface area contributed by atoms with Gasteiger partial charge >= 0.3 is 0 Å². The van der Waals surface area contributed by atoms with Crippen LogP contribution in [-0.4, -0.2) is 18.5 Å². The lowest BCUT2D eigenvalue weighted by Crippen LogP contribution is -2.35. The van der Waals surface area contributed by atoms with Crippen LogP contribution in [0.15, 0.2) is 6.07 Å². The molecule has 0 radical (unpaired) electrons. The van der Waals surface area contributed by atoms with Crippen molar-refractivity contribution in [3.8, 4) is 0 Å². The Morgan fingerprint density at radius 2 is 2.35 bits per heavy atom. The van der Waals surface area contributed by atoms with Crippen molar-refractivity contribution in [2.75, 3.05) is 6.54 Å². The molecule has 1 fully saturated rings. The van der Waals surface area contributed by atoms with Gasteiger partial charge in [-0.05, 0) is 37.3 Å². The van der Waals surface area contributed by atoms with Gasteiger partial charge in [-0.25, -0.2) is 0 Å². The van der Waals surface area contributed by atoms with Crippen molar-refractivity contribution in [2.45, 2.75) is 44.7 Å². The first-order chi connectivity index (χ1) is 8.31. The summed E-state index contributed by atoms with van der Waals surface area (Å²) < 4.78 is 0. The van der Waals surface area contributed by atoms with Gasteiger partial charge in [-0.15, -0.1) is 11.3 Å². The Kier molecular flexibility index (Phi) is 3.16. The van der Waals surface area contributed by atoms with Gasteiger partial charge in [0.2, 0.25) is 5.91 Å². The zero-order chi connectivity index (χ0) is 11.7. The molecule has 92 valence electrons. The van der Waals surface area contributed by atoms with E-state index in [0.29, 0.717) is 12.5 Å². The number of amides is 1. The van der Waals surface area contributed by atoms with Crippen molar-refractivity contribution in [2.24, 2.45) is 0 Å². The van der Waals surface area contributed by atoms with Crippen molar-refractivity contribution < 1.29 is 4.79 Å². The first-order valence-corrected chi connectivity index (χ1v) is 7.23. The van der Waals surface area contributed by atoms with Crippen molar-refractivity contribution in [1.29, 1.82) is 0 Å². The summed E-state index contributed by atoms with van der Waals surface area (Å²) in [6, 6.07) is 2.70. The number of thiophene rings is 1. The normalized spacial score (nSPS) is 22.8. The fourth-order valence-electron chi connectivity index (χ4n) is 2.68. The molecule has 1 aromatic heterocycles. The van der Waals surface area contributed by atoms with Crippen LogP contribution in [0.1, 0.15) is 34.6 Å². The van der Waals surface area contributed by atoms with Crippen LogP contribution in [0.3, 0.4) is 0 Å². The summed E-state index contributed by atoms with van der Waals surface area (Å²) in [7, 11) is 0. The highest BCUT2D eigenvalue weighted by atomic mass is 32.1. The van der Waals surface area contributed by atoms with E-state index in [1.54, 1.807) is 10.4 Å². The van der Waals surface area contributed by atoms with Gasteiger partial charge in [0.05, 0.1) is 0 Å². The summed E-state index contributed by atoms with van der Waals surface area (Å²) in [5.41, 5.74) is 1.57. The molecule has 2 heterocycles. The van der Waals surface area contributed by atoms with E-state index in [9.17, 15) is 4.79 Å². The fourth-order valence-corrected chi connectivity index (χ4v) is 3.91. The van der Waals surface area contributed by atoms with Crippen molar-refractivity contribution in [3.05, 3.63) is 21.4 Å². The third-order valence-electron chi connectivity index (χ3n) is 3.57. The van der Waals surface area contributed by atoms with Gasteiger partial charge in [-0.2, -0.15) is 0 Å². The predicted molar refractivity (Wildman–Crippen MR) is 69.2 cm³/mol. The number of hydrogen-bond donors (Lipinski definition) is 2. The van der Waals surface area contributed by atoms with Gasteiger partial charge in [-0.1, -0.05) is 0 Å². The molecule has 0 spiro atoms. The topological polar surface area (TPSA) is 41.1 Å². The second-order valence-corrected chi connectivity index (χ2v) is 6.17. The summed E-state index contributed by atoms with van der Waals surface area (Å²) in [5, 5.41) is 6.43. The molecule has 3 nitrogen and oxygen atoms in total. The molecule has 1 aliphatic carbocycles. The van der Waals surface area contributed by atoms with Crippen LogP contribution >= 0.6 is 11.3 Å². The third kappa shape index (κ3) is 2.53. The molecule has 0 bridgehead atoms. The fraction of sp³-hybridized carbons (Fsp3) is 0.615. The number of nitrogens with one attached hydrogen (secondary N) is 2. The smallest absolute Gasteiger partial charge is 0.220 e. The summed E-state index contributed by atoms with van der Waals surface area (Å²) >= 11 is 1.96. The molecule has 17 heavy (non-hydrogen) atoms. The summed E-state index contributed by atoms with van der Waals surface area (Å²) in [6.45, 7) is 1.85. The molecule has 1 aromatic rings. The van der Waals surface area contributed by atoms with E-state index in [1.165, 1.54) is 24.1 Å². The maximum absolute atomic E-state index is 11.0. The molecule has 1 saturated heterocycles. The highest BCUT2D eigenvalue weighted by molar-refractivity contribution is 7.12. The SMILES string of the molecule is O=C1CCC(CNCc2cc3c(s2)CCC3)N1. The van der Waals surface area contributed by atoms with Crippen molar-refractivity contribution >= 4 is 17.2 Å². The maximum atomic E-state index is 11.0. The summed E-state index contributed by atoms with van der Waals surface area (Å²) in [4.78, 5) is 14.1. The lowest BCUT2D eigenvalue weighted by molar-refractivity contribution is -0.119. The van der Waals surface area contributed by atoms with Gasteiger partial charge in [0, 0.05) is 35.3 Å². The second-order valence-electron chi connectivity index (χ2n) is 4.95. The number of hydrogen-bond acceptors (Lipinski definition) is 3. The minimum atomic E-state index is 0.201. The molecule has 1 aliphatic heterocycles. The number of carbonyl (C=O) groups excluding carboxylic acids is 1. The summed E-state index contributed by atoms with van der Waals surface area (Å²) in [6.07, 6.45) is 5.55. The number of fused-ring (bicyclic) bond motifs is 1. The average molecular weight is 250 g/mol. The second kappa shape index (κ2) is 4.78. The highest BCUT2D eigenvalue weighted by Crippen LogP contribution is 2.30. The zero-order valence-corrected chi connectivity index (χ0v) is 10.7. The van der Waals surface area contributed by atoms with E-state index in [1.807, 2.05) is 11.3 Å². The first-order valence-electron chi connectivity index (χ1n) is 6.42. The van der Waals surface area contributed by atoms with Gasteiger partial charge in [0.25, 0.3) is 0 Å². The van der Waals surface area contributed by atoms with Crippen LogP contribution in [0.4, 0.5) is 0 Å². The standard InChI is InChI=1S/C13H18N2OS/c16-13-5-4-10(15-13)7-14-8-11-6-9-2-1-3-12(9)17-11/h6,10,14H,1-5,7-8H2,(H,15,16). The largest absolute Gasteiger partial charge is 0.352 e. The Hall–Kier alpha value is -0.870. The van der Waals surface area contributed by atoms with Crippen LogP contribution in [-0.2, 0) is 24.2 Å². The lowest BCUT2D eigenvalue weighted by atomic mass is 10.2. The maximum Gasteiger partial charge on any atom is 0.220 e. The van der Waals surface area contributed by atoms with Crippen LogP contribution in [0, 0.1) is 0 Å². The van der Waals surface area contributed by atoms with Crippen LogP contribution in [0.25, 0.3) is 0 Å². The minimum Gasteiger partial charge on any atom is -0.352 e. The van der Waals surface area contributed by atoms with Crippen molar-refractivity contribution in [1.82, 2.24) is 10.6 Å². The number of carbonyl (C=O) groups is 1. The molecule has 0 aromatic carbocycles. The van der Waals surface area contributed by atoms with E-state index in [-0.39, 0.29) is 5.91 Å². The van der Waals surface area contributed by atoms with Crippen LogP contribution in [0.5, 0.6) is 0 Å². The zero-order valence-electron chi connectivity index (χ0n) is 9.92. The van der Waals surface area contributed by atoms with E-state index in [4.69, 9.17) is 0 Å². The molecule has 4 heteroatoms. The van der Waals surface area contributed by atoms with Gasteiger partial charge in [-0.3, -0.25) is 4.79 Å².